The first kappa shape index (κ1) is 111. The molecule has 690 valence electrons. The second-order valence-corrected chi connectivity index (χ2v) is 29.8. The van der Waals surface area contributed by atoms with E-state index in [2.05, 4.69) is 158 Å². The maximum absolute atomic E-state index is 16.6. The Morgan fingerprint density at radius 2 is 0.299 bits per heavy atom. The summed E-state index contributed by atoms with van der Waals surface area (Å²) in [7, 11) is 0. The zero-order valence-corrected chi connectivity index (χ0v) is 73.3. The molecule has 48 nitrogen and oxygen atoms in total. The van der Waals surface area contributed by atoms with Crippen LogP contribution in [-0.4, -0.2) is 371 Å². The van der Waals surface area contributed by atoms with Crippen molar-refractivity contribution in [2.75, 3.05) is 236 Å². The molecule has 0 heterocycles. The first-order valence-corrected chi connectivity index (χ1v) is 41.9. The van der Waals surface area contributed by atoms with Crippen LogP contribution < -0.4 is 199 Å². The van der Waals surface area contributed by atoms with Gasteiger partial charge < -0.3 is 14.7 Å². The van der Waals surface area contributed by atoms with Crippen LogP contribution in [0.4, 0.5) is 0 Å². The number of hydrazine groups is 12. The van der Waals surface area contributed by atoms with E-state index < -0.39 is 0 Å². The van der Waals surface area contributed by atoms with Gasteiger partial charge in [-0.1, -0.05) is 0 Å². The summed E-state index contributed by atoms with van der Waals surface area (Å²) in [5.41, 5.74) is 33.8. The second kappa shape index (κ2) is 70.4. The van der Waals surface area contributed by atoms with Gasteiger partial charge in [-0.15, -0.1) is 0 Å². The normalized spacial score (nSPS) is 15.3. The molecule has 0 saturated heterocycles. The van der Waals surface area contributed by atoms with Crippen LogP contribution >= 0.6 is 0 Å². The standard InChI is InChI=1S/C69H171N45O3/c1-52(94-70)82-13-25-106(26-14-83-53(2)95-71)37-43-112(44-38-107(27-15-84-54(3)96-72)28-16-85-55(4)97-73)67(115)64-49-65(68(116)113(45-39-108(29-17-86-56(5)98-74)30-18-87-57(6)99-75)46-40-109(31-19-88-58(7)100-76)32-20-89-59(8)101-77)51-66(50-64)69(117)114(47-41-110(33-21-90-60(9)102-78)34-22-91-61(10)103-79)48-42-111(35-23-92-62(11)104-80)36-24-93-63(12)105-81/h49-63,82-105H,13-48,70-81H2,1-12H3. The highest BCUT2D eigenvalue weighted by Gasteiger charge is 2.29. The van der Waals surface area contributed by atoms with Crippen molar-refractivity contribution in [3.8, 4) is 0 Å². The minimum Gasteiger partial charge on any atom is -0.336 e. The topological polar surface area (TPSA) is 681 Å². The van der Waals surface area contributed by atoms with Crippen molar-refractivity contribution in [3.63, 3.8) is 0 Å². The molecule has 0 aliphatic rings. The Morgan fingerprint density at radius 3 is 0.393 bits per heavy atom. The first-order valence-electron chi connectivity index (χ1n) is 41.9. The van der Waals surface area contributed by atoms with Crippen LogP contribution in [0.3, 0.4) is 0 Å². The van der Waals surface area contributed by atoms with Crippen LogP contribution in [-0.2, 0) is 0 Å². The van der Waals surface area contributed by atoms with Crippen molar-refractivity contribution < 1.29 is 14.4 Å². The lowest BCUT2D eigenvalue weighted by atomic mass is 10.0. The summed E-state index contributed by atoms with van der Waals surface area (Å²) in [6, 6.07) is 5.01. The monoisotopic (exact) mass is 1680 g/mol. The molecule has 117 heavy (non-hydrogen) atoms. The van der Waals surface area contributed by atoms with Gasteiger partial charge in [-0.2, -0.15) is 0 Å². The Hall–Kier alpha value is -4.05. The van der Waals surface area contributed by atoms with Gasteiger partial charge in [-0.25, -0.2) is 65.1 Å². The summed E-state index contributed by atoms with van der Waals surface area (Å²) in [5.74, 6) is 69.1. The molecule has 1 aromatic carbocycles. The predicted molar refractivity (Wildman–Crippen MR) is 470 cm³/mol. The van der Waals surface area contributed by atoms with Gasteiger partial charge in [0.15, 0.2) is 0 Å². The maximum atomic E-state index is 16.6. The average molecular weight is 1680 g/mol. The molecule has 12 unspecified atom stereocenters. The number of hydrogen-bond donors (Lipinski definition) is 36. The van der Waals surface area contributed by atoms with Gasteiger partial charge in [-0.05, 0) is 101 Å². The number of carbonyl (C=O) groups is 3. The molecule has 0 fully saturated rings. The Labute approximate surface area is 700 Å². The van der Waals surface area contributed by atoms with Crippen molar-refractivity contribution in [2.24, 2.45) is 70.1 Å². The average Bonchev–Trinajstić information content (AvgIpc) is 0.801. The summed E-state index contributed by atoms with van der Waals surface area (Å²) in [5, 5.41) is 41.2. The lowest BCUT2D eigenvalue weighted by molar-refractivity contribution is 0.0709. The van der Waals surface area contributed by atoms with Crippen molar-refractivity contribution in [1.29, 1.82) is 0 Å². The van der Waals surface area contributed by atoms with E-state index in [0.717, 1.165) is 0 Å². The van der Waals surface area contributed by atoms with E-state index in [1.165, 1.54) is 0 Å². The molecule has 1 aromatic rings. The Kier molecular flexibility index (Phi) is 66.7. The number of rotatable bonds is 81. The number of nitrogens with two attached hydrogens (primary N) is 12. The number of carbonyl (C=O) groups excluding carboxylic acids is 3. The molecule has 0 saturated carbocycles. The summed E-state index contributed by atoms with van der Waals surface area (Å²) in [6.07, 6.45) is -2.17. The van der Waals surface area contributed by atoms with Crippen LogP contribution in [0.5, 0.6) is 0 Å². The Balaban J connectivity index is 4.94. The van der Waals surface area contributed by atoms with E-state index in [0.29, 0.717) is 196 Å². The van der Waals surface area contributed by atoms with E-state index in [1.54, 1.807) is 18.2 Å². The number of nitrogens with one attached hydrogen (secondary N) is 24. The Morgan fingerprint density at radius 1 is 0.197 bits per heavy atom. The number of amides is 3. The van der Waals surface area contributed by atoms with E-state index in [1.807, 2.05) is 97.8 Å². The van der Waals surface area contributed by atoms with Crippen molar-refractivity contribution in [1.82, 2.24) is 173 Å². The van der Waals surface area contributed by atoms with Gasteiger partial charge >= 0.3 is 0 Å². The van der Waals surface area contributed by atoms with E-state index in [9.17, 15) is 0 Å². The quantitative estimate of drug-likeness (QED) is 0.0164. The Bertz CT molecular complexity index is 2050. The molecule has 0 spiro atoms. The fraction of sp³-hybridized carbons (Fsp3) is 0.870. The van der Waals surface area contributed by atoms with Gasteiger partial charge in [0, 0.05) is 252 Å². The van der Waals surface area contributed by atoms with Crippen molar-refractivity contribution in [2.45, 2.75) is 157 Å². The summed E-state index contributed by atoms with van der Waals surface area (Å²) in [4.78, 5) is 68.9. The maximum Gasteiger partial charge on any atom is 0.253 e. The SMILES string of the molecule is CC(NN)NCCN(CCNC(C)NN)CCN(CCN(CCNC(C)NN)CCNC(C)NN)C(=O)c1cc(C(=O)N(CCN(CCNC(C)NN)CCNC(C)NN)CCN(CCNC(C)NN)CCNC(C)NN)cc(C(=O)N(CCN(CCNC(C)NN)CCNC(C)NN)CCN(CCNC(C)NN)CCNC(C)NN)c1. The number of nitrogens with zero attached hydrogens (tertiary/aromatic N) is 9. The highest BCUT2D eigenvalue weighted by Crippen LogP contribution is 2.19. The minimum atomic E-state index is -0.378. The summed E-state index contributed by atoms with van der Waals surface area (Å²) >= 11 is 0. The molecule has 0 bridgehead atoms. The molecule has 0 aliphatic heterocycles. The third-order valence-corrected chi connectivity index (χ3v) is 20.2. The molecule has 3 amide bonds. The van der Waals surface area contributed by atoms with Crippen molar-refractivity contribution in [3.05, 3.63) is 34.9 Å². The molecule has 48 heteroatoms. The highest BCUT2D eigenvalue weighted by atomic mass is 16.2. The number of benzene rings is 1. The predicted octanol–water partition coefficient (Wildman–Crippen LogP) is -14.4. The largest absolute Gasteiger partial charge is 0.336 e. The zero-order valence-electron chi connectivity index (χ0n) is 73.3. The van der Waals surface area contributed by atoms with Gasteiger partial charge in [0.25, 0.3) is 17.7 Å². The molecule has 0 aliphatic carbocycles. The van der Waals surface area contributed by atoms with Crippen LogP contribution in [0.1, 0.15) is 114 Å². The van der Waals surface area contributed by atoms with Crippen LogP contribution in [0.25, 0.3) is 0 Å². The van der Waals surface area contributed by atoms with E-state index in [-0.39, 0.29) is 148 Å². The lowest BCUT2D eigenvalue weighted by Crippen LogP contribution is -2.51. The molecule has 1 rings (SSSR count). The highest BCUT2D eigenvalue weighted by molar-refractivity contribution is 6.04. The fourth-order valence-corrected chi connectivity index (χ4v) is 12.1. The fourth-order valence-electron chi connectivity index (χ4n) is 12.1. The van der Waals surface area contributed by atoms with Crippen LogP contribution in [0, 0.1) is 0 Å². The summed E-state index contributed by atoms with van der Waals surface area (Å²) < 4.78 is 0. The number of hydrogen-bond acceptors (Lipinski definition) is 45. The first-order chi connectivity index (χ1) is 56.2. The molecular formula is C69H171N45O3. The molecule has 48 N–H and O–H groups in total. The van der Waals surface area contributed by atoms with Gasteiger partial charge in [0.1, 0.15) is 0 Å². The third-order valence-electron chi connectivity index (χ3n) is 20.2. The van der Waals surface area contributed by atoms with Crippen LogP contribution in [0.2, 0.25) is 0 Å². The molecular weight excluding hydrogens is 1510 g/mol. The van der Waals surface area contributed by atoms with Crippen molar-refractivity contribution >= 4 is 17.7 Å². The zero-order chi connectivity index (χ0) is 87.1. The van der Waals surface area contributed by atoms with Gasteiger partial charge in [0.05, 0.1) is 74.0 Å². The lowest BCUT2D eigenvalue weighted by Gasteiger charge is -2.33. The smallest absolute Gasteiger partial charge is 0.253 e. The van der Waals surface area contributed by atoms with E-state index >= 15 is 14.4 Å². The minimum absolute atomic E-state index is 0.159. The molecule has 0 radical (unpaired) electrons. The van der Waals surface area contributed by atoms with Gasteiger partial charge in [0.2, 0.25) is 0 Å². The third kappa shape index (κ3) is 54.2. The van der Waals surface area contributed by atoms with E-state index in [4.69, 9.17) is 70.1 Å². The van der Waals surface area contributed by atoms with Gasteiger partial charge in [-0.3, -0.25) is 178 Å². The molecule has 0 aromatic heterocycles. The molecule has 12 atom stereocenters. The second-order valence-electron chi connectivity index (χ2n) is 29.8. The summed E-state index contributed by atoms with van der Waals surface area (Å²) in [6.45, 7) is 41.2. The van der Waals surface area contributed by atoms with Crippen LogP contribution in [0.15, 0.2) is 18.2 Å².